The summed E-state index contributed by atoms with van der Waals surface area (Å²) in [7, 11) is 0. The monoisotopic (exact) mass is 251 g/mol. The molecule has 0 amide bonds. The van der Waals surface area contributed by atoms with Crippen LogP contribution >= 0.6 is 23.1 Å². The van der Waals surface area contributed by atoms with Crippen LogP contribution in [-0.2, 0) is 0 Å². The molecule has 3 rings (SSSR count). The third-order valence-corrected chi connectivity index (χ3v) is 3.60. The molecule has 0 aromatic carbocycles. The minimum Gasteiger partial charge on any atom is -0.368 e. The zero-order valence-electron chi connectivity index (χ0n) is 7.78. The first-order valence-corrected chi connectivity index (χ1v) is 5.93. The van der Waals surface area contributed by atoms with Crippen molar-refractivity contribution in [1.82, 2.24) is 30.4 Å². The smallest absolute Gasteiger partial charge is 0.223 e. The van der Waals surface area contributed by atoms with E-state index in [4.69, 9.17) is 5.73 Å². The first-order chi connectivity index (χ1) is 7.83. The standard InChI is InChI=1S/C7H5N7S2/c8-6-11-4-3(1-9-13-4)5(12-6)16-7-14-10-2-15-7/h1-2H,(H3,8,9,11,12,13). The summed E-state index contributed by atoms with van der Waals surface area (Å²) in [6, 6.07) is 0. The van der Waals surface area contributed by atoms with Crippen LogP contribution in [-0.4, -0.2) is 30.4 Å². The third-order valence-electron chi connectivity index (χ3n) is 1.82. The molecule has 80 valence electrons. The SMILES string of the molecule is Nc1nc(Sc2nncs2)c2cn[nH]c2n1. The highest BCUT2D eigenvalue weighted by molar-refractivity contribution is 8.01. The van der Waals surface area contributed by atoms with Crippen LogP contribution < -0.4 is 5.73 Å². The van der Waals surface area contributed by atoms with Gasteiger partial charge < -0.3 is 5.73 Å². The van der Waals surface area contributed by atoms with Crippen LogP contribution in [0, 0.1) is 0 Å². The van der Waals surface area contributed by atoms with E-state index in [0.29, 0.717) is 5.65 Å². The molecule has 0 atom stereocenters. The Hall–Kier alpha value is -1.74. The van der Waals surface area contributed by atoms with Crippen molar-refractivity contribution in [1.29, 1.82) is 0 Å². The van der Waals surface area contributed by atoms with Crippen LogP contribution in [0.5, 0.6) is 0 Å². The fourth-order valence-corrected chi connectivity index (χ4v) is 2.68. The first kappa shape index (κ1) is 9.48. The summed E-state index contributed by atoms with van der Waals surface area (Å²) in [5, 5.41) is 15.9. The molecule has 0 radical (unpaired) electrons. The molecular formula is C7H5N7S2. The van der Waals surface area contributed by atoms with Gasteiger partial charge in [-0.15, -0.1) is 10.2 Å². The lowest BCUT2D eigenvalue weighted by Gasteiger charge is -1.99. The summed E-state index contributed by atoms with van der Waals surface area (Å²) in [6.07, 6.45) is 1.66. The van der Waals surface area contributed by atoms with Gasteiger partial charge in [-0.1, -0.05) is 11.3 Å². The highest BCUT2D eigenvalue weighted by Gasteiger charge is 2.10. The Labute approximate surface area is 97.5 Å². The molecule has 0 aliphatic carbocycles. The van der Waals surface area contributed by atoms with E-state index in [2.05, 4.69) is 30.4 Å². The normalized spacial score (nSPS) is 11.0. The molecule has 3 aromatic rings. The Morgan fingerprint density at radius 3 is 3.12 bits per heavy atom. The van der Waals surface area contributed by atoms with Crippen molar-refractivity contribution < 1.29 is 0 Å². The van der Waals surface area contributed by atoms with Gasteiger partial charge in [-0.05, 0) is 11.8 Å². The number of rotatable bonds is 2. The van der Waals surface area contributed by atoms with E-state index in [1.165, 1.54) is 23.1 Å². The Morgan fingerprint density at radius 2 is 2.31 bits per heavy atom. The van der Waals surface area contributed by atoms with Gasteiger partial charge in [0.15, 0.2) is 9.99 Å². The van der Waals surface area contributed by atoms with Crippen molar-refractivity contribution in [2.24, 2.45) is 0 Å². The highest BCUT2D eigenvalue weighted by atomic mass is 32.2. The molecule has 3 aromatic heterocycles. The van der Waals surface area contributed by atoms with E-state index in [1.54, 1.807) is 11.7 Å². The number of nitrogens with two attached hydrogens (primary N) is 1. The average Bonchev–Trinajstić information content (AvgIpc) is 2.87. The minimum atomic E-state index is 0.212. The molecule has 0 unspecified atom stereocenters. The minimum absolute atomic E-state index is 0.212. The van der Waals surface area contributed by atoms with E-state index in [1.807, 2.05) is 0 Å². The quantitative estimate of drug-likeness (QED) is 0.652. The molecule has 3 heterocycles. The zero-order chi connectivity index (χ0) is 11.0. The van der Waals surface area contributed by atoms with Crippen molar-refractivity contribution in [3.63, 3.8) is 0 Å². The molecule has 0 fully saturated rings. The fourth-order valence-electron chi connectivity index (χ4n) is 1.19. The van der Waals surface area contributed by atoms with Crippen LogP contribution in [0.3, 0.4) is 0 Å². The second kappa shape index (κ2) is 3.68. The number of aromatic nitrogens is 6. The van der Waals surface area contributed by atoms with Crippen LogP contribution in [0.15, 0.2) is 21.1 Å². The Kier molecular flexibility index (Phi) is 2.18. The number of nitrogen functional groups attached to an aromatic ring is 1. The van der Waals surface area contributed by atoms with Gasteiger partial charge in [-0.3, -0.25) is 5.10 Å². The predicted molar refractivity (Wildman–Crippen MR) is 60.1 cm³/mol. The summed E-state index contributed by atoms with van der Waals surface area (Å²) < 4.78 is 0.806. The molecule has 0 aliphatic rings. The molecule has 0 spiro atoms. The number of fused-ring (bicyclic) bond motifs is 1. The summed E-state index contributed by atoms with van der Waals surface area (Å²) in [4.78, 5) is 8.19. The van der Waals surface area contributed by atoms with Gasteiger partial charge >= 0.3 is 0 Å². The fraction of sp³-hybridized carbons (Fsp3) is 0. The van der Waals surface area contributed by atoms with Crippen molar-refractivity contribution in [3.05, 3.63) is 11.7 Å². The lowest BCUT2D eigenvalue weighted by molar-refractivity contribution is 1.01. The number of nitrogens with one attached hydrogen (secondary N) is 1. The second-order valence-corrected chi connectivity index (χ2v) is 4.90. The third kappa shape index (κ3) is 1.59. The van der Waals surface area contributed by atoms with Gasteiger partial charge in [0, 0.05) is 0 Å². The maximum absolute atomic E-state index is 5.60. The Balaban J connectivity index is 2.11. The van der Waals surface area contributed by atoms with Gasteiger partial charge in [0.05, 0.1) is 11.6 Å². The van der Waals surface area contributed by atoms with Crippen molar-refractivity contribution >= 4 is 40.1 Å². The first-order valence-electron chi connectivity index (χ1n) is 4.23. The van der Waals surface area contributed by atoms with E-state index in [0.717, 1.165) is 14.8 Å². The summed E-state index contributed by atoms with van der Waals surface area (Å²) >= 11 is 2.84. The molecule has 0 aliphatic heterocycles. The van der Waals surface area contributed by atoms with E-state index >= 15 is 0 Å². The van der Waals surface area contributed by atoms with Crippen LogP contribution in [0.1, 0.15) is 0 Å². The molecule has 0 bridgehead atoms. The van der Waals surface area contributed by atoms with Gasteiger partial charge in [0.1, 0.15) is 10.5 Å². The summed E-state index contributed by atoms with van der Waals surface area (Å²) in [6.45, 7) is 0. The lowest BCUT2D eigenvalue weighted by atomic mass is 10.4. The Morgan fingerprint density at radius 1 is 1.38 bits per heavy atom. The molecular weight excluding hydrogens is 246 g/mol. The molecule has 16 heavy (non-hydrogen) atoms. The van der Waals surface area contributed by atoms with E-state index in [9.17, 15) is 0 Å². The van der Waals surface area contributed by atoms with Gasteiger partial charge in [0.25, 0.3) is 0 Å². The van der Waals surface area contributed by atoms with Crippen molar-refractivity contribution in [2.45, 2.75) is 9.37 Å². The van der Waals surface area contributed by atoms with E-state index in [-0.39, 0.29) is 5.95 Å². The maximum atomic E-state index is 5.60. The average molecular weight is 251 g/mol. The van der Waals surface area contributed by atoms with E-state index < -0.39 is 0 Å². The van der Waals surface area contributed by atoms with Gasteiger partial charge in [0.2, 0.25) is 5.95 Å². The lowest BCUT2D eigenvalue weighted by Crippen LogP contribution is -1.96. The Bertz CT molecular complexity index is 617. The maximum Gasteiger partial charge on any atom is 0.223 e. The molecule has 0 saturated heterocycles. The molecule has 7 nitrogen and oxygen atoms in total. The molecule has 9 heteroatoms. The number of hydrogen-bond acceptors (Lipinski definition) is 8. The van der Waals surface area contributed by atoms with Crippen LogP contribution in [0.25, 0.3) is 11.0 Å². The number of H-pyrrole nitrogens is 1. The van der Waals surface area contributed by atoms with Crippen molar-refractivity contribution in [2.75, 3.05) is 5.73 Å². The van der Waals surface area contributed by atoms with Crippen LogP contribution in [0.2, 0.25) is 0 Å². The zero-order valence-corrected chi connectivity index (χ0v) is 9.42. The highest BCUT2D eigenvalue weighted by Crippen LogP contribution is 2.31. The second-order valence-electron chi connectivity index (χ2n) is 2.83. The van der Waals surface area contributed by atoms with Gasteiger partial charge in [-0.2, -0.15) is 10.1 Å². The largest absolute Gasteiger partial charge is 0.368 e. The molecule has 3 N–H and O–H groups in total. The summed E-state index contributed by atoms with van der Waals surface area (Å²) in [5.74, 6) is 0.212. The molecule has 0 saturated carbocycles. The van der Waals surface area contributed by atoms with Gasteiger partial charge in [-0.25, -0.2) is 4.98 Å². The number of aromatic amines is 1. The number of anilines is 1. The van der Waals surface area contributed by atoms with Crippen LogP contribution in [0.4, 0.5) is 5.95 Å². The summed E-state index contributed by atoms with van der Waals surface area (Å²) in [5.41, 5.74) is 7.89. The predicted octanol–water partition coefficient (Wildman–Crippen LogP) is 0.938. The van der Waals surface area contributed by atoms with Crippen molar-refractivity contribution in [3.8, 4) is 0 Å². The number of hydrogen-bond donors (Lipinski definition) is 2. The topological polar surface area (TPSA) is 106 Å². The number of nitrogens with zero attached hydrogens (tertiary/aromatic N) is 5.